The molecule has 0 unspecified atom stereocenters. The fraction of sp³-hybridized carbons (Fsp3) is 0.182. The number of aromatic nitrogens is 2. The van der Waals surface area contributed by atoms with E-state index in [1.807, 2.05) is 19.3 Å². The second-order valence-corrected chi connectivity index (χ2v) is 4.51. The lowest BCUT2D eigenvalue weighted by Crippen LogP contribution is -2.02. The van der Waals surface area contributed by atoms with Crippen molar-refractivity contribution in [1.29, 1.82) is 0 Å². The zero-order valence-electron chi connectivity index (χ0n) is 9.24. The molecule has 0 bridgehead atoms. The van der Waals surface area contributed by atoms with E-state index in [0.29, 0.717) is 28.0 Å². The molecule has 4 nitrogen and oxygen atoms in total. The minimum Gasteiger partial charge on any atom is -0.399 e. The van der Waals surface area contributed by atoms with Gasteiger partial charge in [-0.1, -0.05) is 23.2 Å². The van der Waals surface area contributed by atoms with Crippen molar-refractivity contribution in [2.24, 2.45) is 7.05 Å². The lowest BCUT2D eigenvalue weighted by molar-refractivity contribution is 0.747. The number of nitrogens with two attached hydrogens (primary N) is 1. The van der Waals surface area contributed by atoms with Crippen molar-refractivity contribution in [2.75, 3.05) is 11.1 Å². The van der Waals surface area contributed by atoms with Crippen molar-refractivity contribution in [3.8, 4) is 0 Å². The van der Waals surface area contributed by atoms with Crippen LogP contribution in [0.5, 0.6) is 0 Å². The van der Waals surface area contributed by atoms with E-state index in [1.54, 1.807) is 16.8 Å². The predicted molar refractivity (Wildman–Crippen MR) is 71.4 cm³/mol. The van der Waals surface area contributed by atoms with Crippen LogP contribution in [0.4, 0.5) is 11.4 Å². The van der Waals surface area contributed by atoms with Gasteiger partial charge in [-0.15, -0.1) is 0 Å². The molecule has 0 radical (unpaired) electrons. The average molecular weight is 271 g/mol. The van der Waals surface area contributed by atoms with Gasteiger partial charge in [0.1, 0.15) is 0 Å². The maximum absolute atomic E-state index is 6.05. The smallest absolute Gasteiger partial charge is 0.0815 e. The van der Waals surface area contributed by atoms with Crippen molar-refractivity contribution in [1.82, 2.24) is 9.78 Å². The fourth-order valence-corrected chi connectivity index (χ4v) is 2.14. The first-order valence-electron chi connectivity index (χ1n) is 5.03. The average Bonchev–Trinajstić information content (AvgIpc) is 2.62. The molecule has 0 aliphatic rings. The lowest BCUT2D eigenvalue weighted by Gasteiger charge is -2.10. The number of benzene rings is 1. The van der Waals surface area contributed by atoms with Gasteiger partial charge in [0.15, 0.2) is 0 Å². The van der Waals surface area contributed by atoms with Crippen LogP contribution in [0.25, 0.3) is 0 Å². The highest BCUT2D eigenvalue weighted by Gasteiger charge is 2.07. The van der Waals surface area contributed by atoms with E-state index in [4.69, 9.17) is 28.9 Å². The highest BCUT2D eigenvalue weighted by atomic mass is 35.5. The van der Waals surface area contributed by atoms with E-state index < -0.39 is 0 Å². The third kappa shape index (κ3) is 2.84. The molecule has 0 spiro atoms. The Morgan fingerprint density at radius 3 is 2.53 bits per heavy atom. The van der Waals surface area contributed by atoms with Gasteiger partial charge < -0.3 is 11.1 Å². The van der Waals surface area contributed by atoms with E-state index in [9.17, 15) is 0 Å². The standard InChI is InChI=1S/C11H12Cl2N4/c1-17-3-2-8(16-17)6-15-11-9(12)4-7(14)5-10(11)13/h2-5,15H,6,14H2,1H3. The number of hydrogen-bond acceptors (Lipinski definition) is 3. The Morgan fingerprint density at radius 2 is 2.00 bits per heavy atom. The Morgan fingerprint density at radius 1 is 1.35 bits per heavy atom. The van der Waals surface area contributed by atoms with Crippen LogP contribution in [-0.2, 0) is 13.6 Å². The van der Waals surface area contributed by atoms with Gasteiger partial charge in [0.2, 0.25) is 0 Å². The molecule has 0 fully saturated rings. The summed E-state index contributed by atoms with van der Waals surface area (Å²) in [6.45, 7) is 0.560. The zero-order valence-corrected chi connectivity index (χ0v) is 10.8. The van der Waals surface area contributed by atoms with Gasteiger partial charge in [-0.2, -0.15) is 5.10 Å². The third-order valence-electron chi connectivity index (χ3n) is 2.28. The van der Waals surface area contributed by atoms with Gasteiger partial charge in [-0.05, 0) is 18.2 Å². The molecule has 0 aliphatic carbocycles. The first kappa shape index (κ1) is 12.1. The SMILES string of the molecule is Cn1ccc(CNc2c(Cl)cc(N)cc2Cl)n1. The topological polar surface area (TPSA) is 55.9 Å². The number of aryl methyl sites for hydroxylation is 1. The molecule has 90 valence electrons. The zero-order chi connectivity index (χ0) is 12.4. The molecular formula is C11H12Cl2N4. The van der Waals surface area contributed by atoms with Crippen LogP contribution in [-0.4, -0.2) is 9.78 Å². The van der Waals surface area contributed by atoms with Crippen LogP contribution >= 0.6 is 23.2 Å². The Labute approximate surface area is 109 Å². The highest BCUT2D eigenvalue weighted by molar-refractivity contribution is 6.39. The Kier molecular flexibility index (Phi) is 3.45. The summed E-state index contributed by atoms with van der Waals surface area (Å²) < 4.78 is 1.74. The van der Waals surface area contributed by atoms with E-state index in [-0.39, 0.29) is 0 Å². The molecule has 3 N–H and O–H groups in total. The van der Waals surface area contributed by atoms with Gasteiger partial charge >= 0.3 is 0 Å². The maximum Gasteiger partial charge on any atom is 0.0815 e. The van der Waals surface area contributed by atoms with Crippen LogP contribution in [0.15, 0.2) is 24.4 Å². The molecule has 1 aromatic heterocycles. The predicted octanol–water partition coefficient (Wildman–Crippen LogP) is 2.92. The fourth-order valence-electron chi connectivity index (χ4n) is 1.50. The van der Waals surface area contributed by atoms with Gasteiger partial charge in [-0.25, -0.2) is 0 Å². The van der Waals surface area contributed by atoms with Crippen molar-refractivity contribution >= 4 is 34.6 Å². The van der Waals surface area contributed by atoms with Crippen molar-refractivity contribution in [2.45, 2.75) is 6.54 Å². The quantitative estimate of drug-likeness (QED) is 0.844. The maximum atomic E-state index is 6.05. The molecule has 0 amide bonds. The summed E-state index contributed by atoms with van der Waals surface area (Å²) in [4.78, 5) is 0. The number of nitrogens with one attached hydrogen (secondary N) is 1. The molecule has 1 aromatic carbocycles. The minimum atomic E-state index is 0.505. The van der Waals surface area contributed by atoms with E-state index >= 15 is 0 Å². The van der Waals surface area contributed by atoms with Crippen molar-refractivity contribution < 1.29 is 0 Å². The highest BCUT2D eigenvalue weighted by Crippen LogP contribution is 2.32. The number of halogens is 2. The normalized spacial score (nSPS) is 10.5. The largest absolute Gasteiger partial charge is 0.399 e. The second kappa shape index (κ2) is 4.85. The summed E-state index contributed by atoms with van der Waals surface area (Å²) in [5, 5.41) is 8.40. The molecule has 2 aromatic rings. The Bertz CT molecular complexity index is 513. The minimum absolute atomic E-state index is 0.505. The summed E-state index contributed by atoms with van der Waals surface area (Å²) in [6.07, 6.45) is 1.88. The third-order valence-corrected chi connectivity index (χ3v) is 2.88. The van der Waals surface area contributed by atoms with Gasteiger partial charge in [0.25, 0.3) is 0 Å². The van der Waals surface area contributed by atoms with Crippen molar-refractivity contribution in [3.05, 3.63) is 40.1 Å². The molecule has 1 heterocycles. The van der Waals surface area contributed by atoms with Crippen LogP contribution < -0.4 is 11.1 Å². The number of nitrogen functional groups attached to an aromatic ring is 1. The van der Waals surface area contributed by atoms with Gasteiger partial charge in [0, 0.05) is 18.9 Å². The molecule has 0 atom stereocenters. The van der Waals surface area contributed by atoms with E-state index in [1.165, 1.54) is 0 Å². The molecular weight excluding hydrogens is 259 g/mol. The second-order valence-electron chi connectivity index (χ2n) is 3.69. The summed E-state index contributed by atoms with van der Waals surface area (Å²) in [5.74, 6) is 0. The van der Waals surface area contributed by atoms with Crippen LogP contribution in [0.2, 0.25) is 10.0 Å². The molecule has 2 rings (SSSR count). The van der Waals surface area contributed by atoms with E-state index in [2.05, 4.69) is 10.4 Å². The monoisotopic (exact) mass is 270 g/mol. The number of anilines is 2. The first-order valence-corrected chi connectivity index (χ1v) is 5.79. The molecule has 6 heteroatoms. The van der Waals surface area contributed by atoms with Crippen LogP contribution in [0.3, 0.4) is 0 Å². The van der Waals surface area contributed by atoms with Crippen LogP contribution in [0.1, 0.15) is 5.69 Å². The molecule has 0 saturated carbocycles. The summed E-state index contributed by atoms with van der Waals surface area (Å²) in [5.41, 5.74) is 7.76. The summed E-state index contributed by atoms with van der Waals surface area (Å²) >= 11 is 12.1. The molecule has 0 aliphatic heterocycles. The number of nitrogens with zero attached hydrogens (tertiary/aromatic N) is 2. The van der Waals surface area contributed by atoms with Crippen molar-refractivity contribution in [3.63, 3.8) is 0 Å². The summed E-state index contributed by atoms with van der Waals surface area (Å²) in [6, 6.07) is 5.24. The van der Waals surface area contributed by atoms with Gasteiger partial charge in [-0.3, -0.25) is 4.68 Å². The first-order chi connectivity index (χ1) is 8.06. The van der Waals surface area contributed by atoms with Gasteiger partial charge in [0.05, 0.1) is 28.0 Å². The Balaban J connectivity index is 2.14. The molecule has 17 heavy (non-hydrogen) atoms. The van der Waals surface area contributed by atoms with Crippen LogP contribution in [0, 0.1) is 0 Å². The lowest BCUT2D eigenvalue weighted by atomic mass is 10.2. The Hall–Kier alpha value is -1.39. The van der Waals surface area contributed by atoms with E-state index in [0.717, 1.165) is 5.69 Å². The number of hydrogen-bond donors (Lipinski definition) is 2. The molecule has 0 saturated heterocycles. The number of rotatable bonds is 3. The summed E-state index contributed by atoms with van der Waals surface area (Å²) in [7, 11) is 1.87.